The molecular weight excluding hydrogens is 438 g/mol. The van der Waals surface area contributed by atoms with Crippen molar-refractivity contribution in [3.05, 3.63) is 86.1 Å². The fourth-order valence-electron chi connectivity index (χ4n) is 3.84. The van der Waals surface area contributed by atoms with Gasteiger partial charge in [0.05, 0.1) is 25.0 Å². The third-order valence-electron chi connectivity index (χ3n) is 5.91. The molecule has 0 radical (unpaired) electrons. The molecule has 0 fully saturated rings. The predicted molar refractivity (Wildman–Crippen MR) is 125 cm³/mol. The number of aryl methyl sites for hydroxylation is 2. The third kappa shape index (κ3) is 4.09. The minimum Gasteiger partial charge on any atom is -0.463 e. The summed E-state index contributed by atoms with van der Waals surface area (Å²) in [7, 11) is 4.68. The molecule has 0 aliphatic heterocycles. The highest BCUT2D eigenvalue weighted by Gasteiger charge is 2.18. The molecule has 0 amide bonds. The van der Waals surface area contributed by atoms with E-state index >= 15 is 0 Å². The minimum absolute atomic E-state index is 0.00137. The van der Waals surface area contributed by atoms with Crippen LogP contribution in [0, 0.1) is 6.92 Å². The van der Waals surface area contributed by atoms with Gasteiger partial charge in [0.15, 0.2) is 11.2 Å². The van der Waals surface area contributed by atoms with E-state index in [0.29, 0.717) is 17.0 Å². The fraction of sp³-hybridized carbons (Fsp3) is 0.292. The maximum atomic E-state index is 12.8. The maximum Gasteiger partial charge on any atom is 0.332 e. The first-order valence-electron chi connectivity index (χ1n) is 10.7. The van der Waals surface area contributed by atoms with Crippen molar-refractivity contribution in [3.8, 4) is 0 Å². The van der Waals surface area contributed by atoms with E-state index in [1.54, 1.807) is 47.5 Å². The Morgan fingerprint density at radius 2 is 1.65 bits per heavy atom. The quantitative estimate of drug-likeness (QED) is 0.300. The first-order valence-corrected chi connectivity index (χ1v) is 10.7. The van der Waals surface area contributed by atoms with Gasteiger partial charge < -0.3 is 13.9 Å². The normalized spacial score (nSPS) is 11.2. The van der Waals surface area contributed by atoms with Crippen LogP contribution in [0.5, 0.6) is 0 Å². The van der Waals surface area contributed by atoms with E-state index in [4.69, 9.17) is 4.74 Å². The van der Waals surface area contributed by atoms with Crippen LogP contribution in [0.1, 0.15) is 27.3 Å². The molecule has 0 saturated heterocycles. The van der Waals surface area contributed by atoms with Gasteiger partial charge in [0, 0.05) is 32.4 Å². The Morgan fingerprint density at radius 1 is 0.941 bits per heavy atom. The highest BCUT2D eigenvalue weighted by molar-refractivity contribution is 6.08. The first-order chi connectivity index (χ1) is 16.2. The Hall–Kier alpha value is -4.21. The number of carbonyl (C=O) groups is 2. The lowest BCUT2D eigenvalue weighted by Gasteiger charge is -2.09. The second kappa shape index (κ2) is 8.97. The van der Waals surface area contributed by atoms with Gasteiger partial charge in [0.25, 0.3) is 5.56 Å². The van der Waals surface area contributed by atoms with E-state index in [1.807, 2.05) is 19.1 Å². The van der Waals surface area contributed by atoms with Gasteiger partial charge in [-0.2, -0.15) is 0 Å². The molecule has 0 bridgehead atoms. The largest absolute Gasteiger partial charge is 0.463 e. The average molecular weight is 463 g/mol. The molecule has 0 aliphatic carbocycles. The van der Waals surface area contributed by atoms with Crippen LogP contribution in [0.3, 0.4) is 0 Å². The number of imidazole rings is 1. The van der Waals surface area contributed by atoms with E-state index in [9.17, 15) is 19.2 Å². The zero-order valence-corrected chi connectivity index (χ0v) is 19.4. The van der Waals surface area contributed by atoms with E-state index < -0.39 is 17.2 Å². The lowest BCUT2D eigenvalue weighted by Crippen LogP contribution is -2.37. The summed E-state index contributed by atoms with van der Waals surface area (Å²) >= 11 is 0. The lowest BCUT2D eigenvalue weighted by atomic mass is 10.1. The van der Waals surface area contributed by atoms with Crippen molar-refractivity contribution in [3.63, 3.8) is 0 Å². The molecule has 3 aromatic heterocycles. The second-order valence-electron chi connectivity index (χ2n) is 8.18. The van der Waals surface area contributed by atoms with Gasteiger partial charge in [-0.05, 0) is 19.1 Å². The van der Waals surface area contributed by atoms with Crippen LogP contribution in [0.25, 0.3) is 11.2 Å². The number of esters is 1. The molecule has 10 heteroatoms. The van der Waals surface area contributed by atoms with E-state index in [1.165, 1.54) is 17.9 Å². The summed E-state index contributed by atoms with van der Waals surface area (Å²) in [6.45, 7) is 2.19. The summed E-state index contributed by atoms with van der Waals surface area (Å²) in [6, 6.07) is 10.8. The summed E-state index contributed by atoms with van der Waals surface area (Å²) < 4.78 is 10.9. The van der Waals surface area contributed by atoms with Gasteiger partial charge >= 0.3 is 11.7 Å². The van der Waals surface area contributed by atoms with Crippen molar-refractivity contribution in [2.24, 2.45) is 21.1 Å². The molecule has 1 aromatic carbocycles. The number of nitrogens with zero attached hydrogens (tertiary/aromatic N) is 5. The van der Waals surface area contributed by atoms with Gasteiger partial charge in [-0.3, -0.25) is 23.5 Å². The van der Waals surface area contributed by atoms with Crippen LogP contribution in [0.15, 0.2) is 52.3 Å². The molecule has 3 heterocycles. The van der Waals surface area contributed by atoms with Crippen LogP contribution < -0.4 is 11.2 Å². The van der Waals surface area contributed by atoms with Crippen LogP contribution in [0.4, 0.5) is 0 Å². The number of hydrogen-bond donors (Lipinski definition) is 0. The number of rotatable bonds is 7. The van der Waals surface area contributed by atoms with Gasteiger partial charge in [-0.25, -0.2) is 9.78 Å². The van der Waals surface area contributed by atoms with Crippen molar-refractivity contribution in [2.45, 2.75) is 19.9 Å². The standard InChI is InChI=1S/C24H25N5O5/c1-15-5-7-16(8-6-15)21(31)18-10-9-17(26(18)2)13-19(30)34-12-11-29-14-25-22-20(29)23(32)28(4)24(33)27(22)3/h5-10,14H,11-13H2,1-4H3. The van der Waals surface area contributed by atoms with E-state index in [0.717, 1.165) is 10.1 Å². The molecule has 0 N–H and O–H groups in total. The molecule has 0 spiro atoms. The topological polar surface area (TPSA) is 110 Å². The summed E-state index contributed by atoms with van der Waals surface area (Å²) in [5.74, 6) is -0.578. The molecular formula is C24H25N5O5. The van der Waals surface area contributed by atoms with Gasteiger partial charge in [0.2, 0.25) is 5.78 Å². The number of ether oxygens (including phenoxy) is 1. The zero-order chi connectivity index (χ0) is 24.6. The number of benzene rings is 1. The number of carbonyl (C=O) groups excluding carboxylic acids is 2. The van der Waals surface area contributed by atoms with Crippen LogP contribution >= 0.6 is 0 Å². The summed E-state index contributed by atoms with van der Waals surface area (Å²) in [5, 5.41) is 0. The van der Waals surface area contributed by atoms with Crippen molar-refractivity contribution >= 4 is 22.9 Å². The predicted octanol–water partition coefficient (Wildman–Crippen LogP) is 1.10. The summed E-state index contributed by atoms with van der Waals surface area (Å²) in [6.07, 6.45) is 1.44. The number of hydrogen-bond acceptors (Lipinski definition) is 6. The van der Waals surface area contributed by atoms with E-state index in [2.05, 4.69) is 4.98 Å². The Morgan fingerprint density at radius 3 is 2.35 bits per heavy atom. The summed E-state index contributed by atoms with van der Waals surface area (Å²) in [5.41, 5.74) is 2.40. The molecule has 0 saturated carbocycles. The van der Waals surface area contributed by atoms with Crippen molar-refractivity contribution in [1.82, 2.24) is 23.3 Å². The highest BCUT2D eigenvalue weighted by Crippen LogP contribution is 2.15. The Balaban J connectivity index is 1.41. The Labute approximate surface area is 194 Å². The lowest BCUT2D eigenvalue weighted by molar-refractivity contribution is -0.143. The SMILES string of the molecule is Cc1ccc(C(=O)c2ccc(CC(=O)OCCn3cnc4c3c(=O)n(C)c(=O)n4C)n2C)cc1. The molecule has 176 valence electrons. The van der Waals surface area contributed by atoms with Crippen molar-refractivity contribution in [1.29, 1.82) is 0 Å². The third-order valence-corrected chi connectivity index (χ3v) is 5.91. The monoisotopic (exact) mass is 463 g/mol. The molecule has 0 aliphatic rings. The highest BCUT2D eigenvalue weighted by atomic mass is 16.5. The molecule has 4 rings (SSSR count). The minimum atomic E-state index is -0.462. The molecule has 4 aromatic rings. The number of aromatic nitrogens is 5. The van der Waals surface area contributed by atoms with Gasteiger partial charge in [-0.15, -0.1) is 0 Å². The fourth-order valence-corrected chi connectivity index (χ4v) is 3.84. The Bertz CT molecular complexity index is 1520. The van der Waals surface area contributed by atoms with Crippen LogP contribution in [-0.2, 0) is 43.6 Å². The van der Waals surface area contributed by atoms with E-state index in [-0.39, 0.29) is 36.5 Å². The van der Waals surface area contributed by atoms with Crippen molar-refractivity contribution < 1.29 is 14.3 Å². The second-order valence-corrected chi connectivity index (χ2v) is 8.18. The smallest absolute Gasteiger partial charge is 0.332 e. The molecule has 34 heavy (non-hydrogen) atoms. The first kappa shape index (κ1) is 23.0. The molecule has 0 atom stereocenters. The number of fused-ring (bicyclic) bond motifs is 1. The summed E-state index contributed by atoms with van der Waals surface area (Å²) in [4.78, 5) is 53.9. The average Bonchev–Trinajstić information content (AvgIpc) is 3.40. The molecule has 10 nitrogen and oxygen atoms in total. The van der Waals surface area contributed by atoms with Crippen molar-refractivity contribution in [2.75, 3.05) is 6.61 Å². The van der Waals surface area contributed by atoms with Crippen LogP contribution in [0.2, 0.25) is 0 Å². The van der Waals surface area contributed by atoms with Gasteiger partial charge in [-0.1, -0.05) is 29.8 Å². The number of ketones is 1. The van der Waals surface area contributed by atoms with Gasteiger partial charge in [0.1, 0.15) is 6.61 Å². The molecule has 0 unspecified atom stereocenters. The maximum absolute atomic E-state index is 12.8. The Kier molecular flexibility index (Phi) is 6.06. The zero-order valence-electron chi connectivity index (χ0n) is 19.4. The van der Waals surface area contributed by atoms with Crippen LogP contribution in [-0.4, -0.2) is 41.6 Å².